The number of pyridine rings is 1. The summed E-state index contributed by atoms with van der Waals surface area (Å²) >= 11 is 0. The van der Waals surface area contributed by atoms with Crippen LogP contribution in [0, 0.1) is 0 Å². The van der Waals surface area contributed by atoms with Crippen molar-refractivity contribution in [2.75, 3.05) is 7.11 Å². The topological polar surface area (TPSA) is 143 Å². The average Bonchev–Trinajstić information content (AvgIpc) is 3.63. The Balaban J connectivity index is 1.36. The van der Waals surface area contributed by atoms with Crippen molar-refractivity contribution in [3.05, 3.63) is 69.3 Å². The van der Waals surface area contributed by atoms with Crippen LogP contribution >= 0.6 is 0 Å². The minimum absolute atomic E-state index is 0.284. The van der Waals surface area contributed by atoms with E-state index in [-0.39, 0.29) is 16.8 Å². The van der Waals surface area contributed by atoms with Gasteiger partial charge in [0.15, 0.2) is 17.6 Å². The van der Waals surface area contributed by atoms with Crippen molar-refractivity contribution in [1.82, 2.24) is 34.2 Å². The van der Waals surface area contributed by atoms with E-state index in [4.69, 9.17) is 14.0 Å². The van der Waals surface area contributed by atoms with Gasteiger partial charge in [-0.15, -0.1) is 0 Å². The van der Waals surface area contributed by atoms with E-state index in [1.807, 2.05) is 45.0 Å². The van der Waals surface area contributed by atoms with Gasteiger partial charge in [-0.05, 0) is 56.2 Å². The maximum Gasteiger partial charge on any atom is 0.332 e. The van der Waals surface area contributed by atoms with Gasteiger partial charge >= 0.3 is 5.69 Å². The Morgan fingerprint density at radius 1 is 0.974 bits per heavy atom. The highest BCUT2D eigenvalue weighted by atomic mass is 16.5. The van der Waals surface area contributed by atoms with Gasteiger partial charge in [-0.1, -0.05) is 19.0 Å². The number of imidazole rings is 1. The molecule has 39 heavy (non-hydrogen) atoms. The molecular weight excluding hydrogens is 502 g/mol. The maximum atomic E-state index is 13.0. The van der Waals surface area contributed by atoms with E-state index < -0.39 is 6.10 Å². The van der Waals surface area contributed by atoms with Crippen LogP contribution in [0.1, 0.15) is 45.5 Å². The van der Waals surface area contributed by atoms with Crippen LogP contribution in [-0.4, -0.2) is 41.3 Å². The fraction of sp³-hybridized carbons (Fsp3) is 0.333. The highest BCUT2D eigenvalue weighted by molar-refractivity contribution is 5.74. The summed E-state index contributed by atoms with van der Waals surface area (Å²) in [6.07, 6.45) is 2.45. The predicted molar refractivity (Wildman–Crippen MR) is 144 cm³/mol. The molecule has 5 rings (SSSR count). The summed E-state index contributed by atoms with van der Waals surface area (Å²) in [6.45, 7) is 6.50. The van der Waals surface area contributed by atoms with Crippen molar-refractivity contribution in [1.29, 1.82) is 0 Å². The minimum Gasteiger partial charge on any atom is -0.497 e. The molecule has 0 aliphatic rings. The second kappa shape index (κ2) is 10.9. The molecule has 1 aromatic carbocycles. The Hall–Kier alpha value is -4.74. The quantitative estimate of drug-likeness (QED) is 0.283. The van der Waals surface area contributed by atoms with Gasteiger partial charge in [-0.2, -0.15) is 4.98 Å². The van der Waals surface area contributed by atoms with E-state index in [1.54, 1.807) is 25.4 Å². The third-order valence-corrected chi connectivity index (χ3v) is 6.19. The van der Waals surface area contributed by atoms with Crippen molar-refractivity contribution in [2.24, 2.45) is 0 Å². The lowest BCUT2D eigenvalue weighted by Gasteiger charge is -2.10. The SMILES string of the molecule is CCCn1c(=O)c2[nH]c(-c3ccc(OC(C)c4noc(-c5ccc(OC)cc5)n4)cn3)nc2n(CCC)c1=O. The van der Waals surface area contributed by atoms with Gasteiger partial charge in [0.05, 0.1) is 13.3 Å². The molecule has 1 N–H and O–H groups in total. The van der Waals surface area contributed by atoms with Crippen LogP contribution in [0.3, 0.4) is 0 Å². The fourth-order valence-electron chi connectivity index (χ4n) is 4.23. The Kier molecular flexibility index (Phi) is 7.26. The van der Waals surface area contributed by atoms with Gasteiger partial charge in [0.1, 0.15) is 22.7 Å². The summed E-state index contributed by atoms with van der Waals surface area (Å²) < 4.78 is 19.3. The number of aromatic amines is 1. The molecule has 0 radical (unpaired) electrons. The van der Waals surface area contributed by atoms with E-state index in [0.29, 0.717) is 54.1 Å². The van der Waals surface area contributed by atoms with Crippen LogP contribution in [0.4, 0.5) is 0 Å². The Labute approximate surface area is 223 Å². The molecule has 1 atom stereocenters. The Morgan fingerprint density at radius 2 is 1.69 bits per heavy atom. The van der Waals surface area contributed by atoms with Crippen molar-refractivity contribution >= 4 is 11.2 Å². The number of hydrogen-bond donors (Lipinski definition) is 1. The number of aromatic nitrogens is 7. The molecule has 0 saturated heterocycles. The largest absolute Gasteiger partial charge is 0.497 e. The molecule has 0 bridgehead atoms. The highest BCUT2D eigenvalue weighted by Crippen LogP contribution is 2.25. The first kappa shape index (κ1) is 25.9. The molecular formula is C27H29N7O5. The number of benzene rings is 1. The molecule has 0 saturated carbocycles. The zero-order chi connectivity index (χ0) is 27.5. The predicted octanol–water partition coefficient (Wildman–Crippen LogP) is 3.97. The lowest BCUT2D eigenvalue weighted by molar-refractivity contribution is 0.210. The summed E-state index contributed by atoms with van der Waals surface area (Å²) in [6, 6.07) is 10.8. The smallest absolute Gasteiger partial charge is 0.332 e. The van der Waals surface area contributed by atoms with E-state index in [2.05, 4.69) is 25.1 Å². The lowest BCUT2D eigenvalue weighted by Crippen LogP contribution is -2.40. The van der Waals surface area contributed by atoms with Crippen LogP contribution in [-0.2, 0) is 13.1 Å². The number of nitrogens with one attached hydrogen (secondary N) is 1. The molecule has 12 heteroatoms. The summed E-state index contributed by atoms with van der Waals surface area (Å²) in [5.74, 6) is 2.38. The molecule has 0 fully saturated rings. The fourth-order valence-corrected chi connectivity index (χ4v) is 4.23. The van der Waals surface area contributed by atoms with Gasteiger partial charge < -0.3 is 19.0 Å². The van der Waals surface area contributed by atoms with E-state index in [0.717, 1.165) is 17.7 Å². The van der Waals surface area contributed by atoms with Gasteiger partial charge in [-0.25, -0.2) is 14.8 Å². The number of rotatable bonds is 10. The first-order valence-electron chi connectivity index (χ1n) is 12.8. The Bertz CT molecular complexity index is 1700. The van der Waals surface area contributed by atoms with E-state index in [9.17, 15) is 9.59 Å². The molecule has 4 aromatic heterocycles. The van der Waals surface area contributed by atoms with Crippen LogP contribution in [0.25, 0.3) is 34.1 Å². The van der Waals surface area contributed by atoms with Crippen molar-refractivity contribution in [3.63, 3.8) is 0 Å². The number of H-pyrrole nitrogens is 1. The van der Waals surface area contributed by atoms with Gasteiger partial charge in [0.25, 0.3) is 11.4 Å². The minimum atomic E-state index is -0.500. The second-order valence-electron chi connectivity index (χ2n) is 9.00. The van der Waals surface area contributed by atoms with Crippen molar-refractivity contribution in [2.45, 2.75) is 52.8 Å². The van der Waals surface area contributed by atoms with Gasteiger partial charge in [-0.3, -0.25) is 13.9 Å². The summed E-state index contributed by atoms with van der Waals surface area (Å²) in [5, 5.41) is 4.04. The Morgan fingerprint density at radius 3 is 2.36 bits per heavy atom. The molecule has 0 aliphatic carbocycles. The third-order valence-electron chi connectivity index (χ3n) is 6.19. The highest BCUT2D eigenvalue weighted by Gasteiger charge is 2.19. The number of aryl methyl sites for hydroxylation is 1. The van der Waals surface area contributed by atoms with Crippen LogP contribution < -0.4 is 20.7 Å². The first-order valence-corrected chi connectivity index (χ1v) is 12.8. The molecule has 4 heterocycles. The normalized spacial score (nSPS) is 12.1. The zero-order valence-electron chi connectivity index (χ0n) is 22.2. The molecule has 202 valence electrons. The number of fused-ring (bicyclic) bond motifs is 1. The van der Waals surface area contributed by atoms with Crippen LogP contribution in [0.2, 0.25) is 0 Å². The summed E-state index contributed by atoms with van der Waals surface area (Å²) in [7, 11) is 1.60. The number of hydrogen-bond acceptors (Lipinski definition) is 9. The zero-order valence-corrected chi connectivity index (χ0v) is 22.2. The average molecular weight is 532 g/mol. The van der Waals surface area contributed by atoms with Crippen LogP contribution in [0.15, 0.2) is 56.7 Å². The van der Waals surface area contributed by atoms with Gasteiger partial charge in [0, 0.05) is 18.7 Å². The van der Waals surface area contributed by atoms with E-state index >= 15 is 0 Å². The molecule has 0 aliphatic heterocycles. The van der Waals surface area contributed by atoms with Gasteiger partial charge in [0.2, 0.25) is 5.82 Å². The standard InChI is InChI=1S/C27H29N7O5/c1-5-13-33-24-21(26(35)34(14-6-2)27(33)36)29-23(30-24)20-12-11-19(15-28-20)38-16(3)22-31-25(39-32-22)17-7-9-18(37-4)10-8-17/h7-12,15-16H,5-6,13-14H2,1-4H3,(H,29,30). The monoisotopic (exact) mass is 531 g/mol. The lowest BCUT2D eigenvalue weighted by atomic mass is 10.2. The van der Waals surface area contributed by atoms with E-state index in [1.165, 1.54) is 9.13 Å². The van der Waals surface area contributed by atoms with Crippen molar-refractivity contribution in [3.8, 4) is 34.5 Å². The maximum absolute atomic E-state index is 13.0. The first-order chi connectivity index (χ1) is 18.9. The number of nitrogens with zero attached hydrogens (tertiary/aromatic N) is 6. The number of ether oxygens (including phenoxy) is 2. The molecule has 0 amide bonds. The summed E-state index contributed by atoms with van der Waals surface area (Å²) in [4.78, 5) is 42.4. The van der Waals surface area contributed by atoms with Crippen LogP contribution in [0.5, 0.6) is 11.5 Å². The summed E-state index contributed by atoms with van der Waals surface area (Å²) in [5.41, 5.74) is 1.15. The molecule has 1 unspecified atom stereocenters. The number of methoxy groups -OCH3 is 1. The molecule has 12 nitrogen and oxygen atoms in total. The third kappa shape index (κ3) is 5.05. The van der Waals surface area contributed by atoms with Crippen molar-refractivity contribution < 1.29 is 14.0 Å². The molecule has 5 aromatic rings. The second-order valence-corrected chi connectivity index (χ2v) is 9.00. The molecule has 0 spiro atoms.